The third-order valence-corrected chi connectivity index (χ3v) is 3.79. The summed E-state index contributed by atoms with van der Waals surface area (Å²) in [5.41, 5.74) is 3.07. The number of rotatable bonds is 3. The van der Waals surface area contributed by atoms with Crippen LogP contribution < -0.4 is 11.3 Å². The van der Waals surface area contributed by atoms with Gasteiger partial charge in [0.2, 0.25) is 0 Å². The summed E-state index contributed by atoms with van der Waals surface area (Å²) in [6, 6.07) is 3.45. The summed E-state index contributed by atoms with van der Waals surface area (Å²) < 4.78 is 0. The second-order valence-electron chi connectivity index (χ2n) is 6.29. The van der Waals surface area contributed by atoms with Crippen LogP contribution in [0.2, 0.25) is 0 Å². The fourth-order valence-electron chi connectivity index (χ4n) is 2.62. The number of hydrogen-bond donors (Lipinski definition) is 3. The van der Waals surface area contributed by atoms with Crippen LogP contribution in [0.25, 0.3) is 0 Å². The maximum absolute atomic E-state index is 12.6. The van der Waals surface area contributed by atoms with Gasteiger partial charge >= 0.3 is 0 Å². The number of amides is 1. The quantitative estimate of drug-likeness (QED) is 0.580. The molecule has 1 aliphatic rings. The normalized spacial score (nSPS) is 22.5. The number of hydrogen-bond acceptors (Lipinski definition) is 5. The summed E-state index contributed by atoms with van der Waals surface area (Å²) in [6.07, 6.45) is 1.53. The number of nitrogens with two attached hydrogens (primary N) is 1. The number of β-amino-alcohol motifs (C(OH)–C–C–N with tert-alkyl or cyclic N) is 1. The second-order valence-corrected chi connectivity index (χ2v) is 6.29. The average molecular weight is 292 g/mol. The van der Waals surface area contributed by atoms with Crippen molar-refractivity contribution in [1.82, 2.24) is 9.88 Å². The molecule has 6 nitrogen and oxygen atoms in total. The van der Waals surface area contributed by atoms with Gasteiger partial charge in [-0.25, -0.2) is 10.8 Å². The predicted molar refractivity (Wildman–Crippen MR) is 81.9 cm³/mol. The lowest BCUT2D eigenvalue weighted by atomic mass is 9.94. The van der Waals surface area contributed by atoms with Crippen molar-refractivity contribution < 1.29 is 9.90 Å². The number of nitrogens with one attached hydrogen (secondary N) is 1. The van der Waals surface area contributed by atoms with Crippen LogP contribution in [0.3, 0.4) is 0 Å². The SMILES string of the molecule is CC(C)c1cc(C(=O)N2CCCC(C)(O)C2)cc(NN)n1. The third-order valence-electron chi connectivity index (χ3n) is 3.79. The van der Waals surface area contributed by atoms with Gasteiger partial charge in [-0.15, -0.1) is 0 Å². The number of aliphatic hydroxyl groups is 1. The fourth-order valence-corrected chi connectivity index (χ4v) is 2.62. The van der Waals surface area contributed by atoms with Crippen molar-refractivity contribution in [2.75, 3.05) is 18.5 Å². The maximum Gasteiger partial charge on any atom is 0.254 e. The van der Waals surface area contributed by atoms with Gasteiger partial charge in [-0.05, 0) is 37.8 Å². The highest BCUT2D eigenvalue weighted by molar-refractivity contribution is 5.95. The highest BCUT2D eigenvalue weighted by Gasteiger charge is 2.31. The van der Waals surface area contributed by atoms with E-state index in [-0.39, 0.29) is 11.8 Å². The smallest absolute Gasteiger partial charge is 0.254 e. The van der Waals surface area contributed by atoms with Crippen LogP contribution in [0.1, 0.15) is 55.6 Å². The van der Waals surface area contributed by atoms with E-state index in [1.807, 2.05) is 13.8 Å². The molecule has 1 unspecified atom stereocenters. The van der Waals surface area contributed by atoms with Crippen LogP contribution in [0, 0.1) is 0 Å². The largest absolute Gasteiger partial charge is 0.388 e. The third kappa shape index (κ3) is 3.71. The number of nitrogens with zero attached hydrogens (tertiary/aromatic N) is 2. The van der Waals surface area contributed by atoms with Crippen molar-refractivity contribution in [3.8, 4) is 0 Å². The molecule has 6 heteroatoms. The molecule has 2 heterocycles. The Morgan fingerprint density at radius 2 is 2.24 bits per heavy atom. The zero-order valence-electron chi connectivity index (χ0n) is 12.9. The van der Waals surface area contributed by atoms with Crippen molar-refractivity contribution >= 4 is 11.7 Å². The Morgan fingerprint density at radius 1 is 1.52 bits per heavy atom. The number of anilines is 1. The zero-order chi connectivity index (χ0) is 15.6. The van der Waals surface area contributed by atoms with Gasteiger partial charge in [-0.2, -0.15) is 0 Å². The van der Waals surface area contributed by atoms with Gasteiger partial charge in [-0.3, -0.25) is 4.79 Å². The number of carbonyl (C=O) groups excluding carboxylic acids is 1. The molecule has 1 aliphatic heterocycles. The van der Waals surface area contributed by atoms with Crippen LogP contribution in [0.5, 0.6) is 0 Å². The van der Waals surface area contributed by atoms with Gasteiger partial charge in [0.05, 0.1) is 5.60 Å². The minimum Gasteiger partial charge on any atom is -0.388 e. The molecule has 0 aromatic carbocycles. The number of piperidine rings is 1. The lowest BCUT2D eigenvalue weighted by Crippen LogP contribution is -2.48. The van der Waals surface area contributed by atoms with E-state index in [2.05, 4.69) is 10.4 Å². The van der Waals surface area contributed by atoms with E-state index in [0.29, 0.717) is 24.5 Å². The minimum atomic E-state index is -0.809. The number of pyridine rings is 1. The Labute approximate surface area is 125 Å². The Kier molecular flexibility index (Phi) is 4.49. The van der Waals surface area contributed by atoms with E-state index >= 15 is 0 Å². The van der Waals surface area contributed by atoms with E-state index in [1.165, 1.54) is 0 Å². The van der Waals surface area contributed by atoms with Crippen LogP contribution in [0.4, 0.5) is 5.82 Å². The molecule has 0 saturated carbocycles. The van der Waals surface area contributed by atoms with Crippen molar-refractivity contribution in [2.45, 2.75) is 45.1 Å². The number of aromatic nitrogens is 1. The van der Waals surface area contributed by atoms with Crippen molar-refractivity contribution in [2.24, 2.45) is 5.84 Å². The molecule has 1 saturated heterocycles. The van der Waals surface area contributed by atoms with Crippen LogP contribution in [-0.4, -0.2) is 39.6 Å². The van der Waals surface area contributed by atoms with E-state index in [1.54, 1.807) is 24.0 Å². The summed E-state index contributed by atoms with van der Waals surface area (Å²) in [5, 5.41) is 10.1. The minimum absolute atomic E-state index is 0.0872. The van der Waals surface area contributed by atoms with Gasteiger partial charge in [0.15, 0.2) is 0 Å². The number of hydrazine groups is 1. The molecule has 2 rings (SSSR count). The summed E-state index contributed by atoms with van der Waals surface area (Å²) in [4.78, 5) is 18.7. The Morgan fingerprint density at radius 3 is 2.81 bits per heavy atom. The first-order valence-electron chi connectivity index (χ1n) is 7.32. The van der Waals surface area contributed by atoms with E-state index in [4.69, 9.17) is 5.84 Å². The second kappa shape index (κ2) is 5.99. The highest BCUT2D eigenvalue weighted by Crippen LogP contribution is 2.23. The van der Waals surface area contributed by atoms with Gasteiger partial charge in [0.1, 0.15) is 5.82 Å². The van der Waals surface area contributed by atoms with Crippen LogP contribution in [0.15, 0.2) is 12.1 Å². The molecule has 0 spiro atoms. The van der Waals surface area contributed by atoms with Gasteiger partial charge < -0.3 is 15.4 Å². The van der Waals surface area contributed by atoms with E-state index in [9.17, 15) is 9.90 Å². The molecule has 0 radical (unpaired) electrons. The molecule has 0 bridgehead atoms. The van der Waals surface area contributed by atoms with E-state index < -0.39 is 5.60 Å². The van der Waals surface area contributed by atoms with Crippen molar-refractivity contribution in [1.29, 1.82) is 0 Å². The average Bonchev–Trinajstić information content (AvgIpc) is 2.44. The molecule has 21 heavy (non-hydrogen) atoms. The van der Waals surface area contributed by atoms with Gasteiger partial charge in [0.25, 0.3) is 5.91 Å². The predicted octanol–water partition coefficient (Wildman–Crippen LogP) is 1.48. The van der Waals surface area contributed by atoms with Gasteiger partial charge in [-0.1, -0.05) is 13.8 Å². The first-order chi connectivity index (χ1) is 9.82. The molecule has 1 aromatic rings. The van der Waals surface area contributed by atoms with Crippen molar-refractivity contribution in [3.63, 3.8) is 0 Å². The molecule has 1 aromatic heterocycles. The summed E-state index contributed by atoms with van der Waals surface area (Å²) in [5.74, 6) is 6.03. The first-order valence-corrected chi connectivity index (χ1v) is 7.32. The maximum atomic E-state index is 12.6. The van der Waals surface area contributed by atoms with Crippen LogP contribution in [-0.2, 0) is 0 Å². The summed E-state index contributed by atoms with van der Waals surface area (Å²) in [6.45, 7) is 6.83. The molecule has 1 amide bonds. The molecular weight excluding hydrogens is 268 g/mol. The Bertz CT molecular complexity index is 528. The Balaban J connectivity index is 2.28. The fraction of sp³-hybridized carbons (Fsp3) is 0.600. The molecule has 4 N–H and O–H groups in total. The first kappa shape index (κ1) is 15.7. The van der Waals surface area contributed by atoms with E-state index in [0.717, 1.165) is 18.5 Å². The highest BCUT2D eigenvalue weighted by atomic mass is 16.3. The Hall–Kier alpha value is -1.66. The van der Waals surface area contributed by atoms with Crippen LogP contribution >= 0.6 is 0 Å². The topological polar surface area (TPSA) is 91.5 Å². The zero-order valence-corrected chi connectivity index (χ0v) is 12.9. The van der Waals surface area contributed by atoms with Gasteiger partial charge in [0, 0.05) is 24.3 Å². The molecule has 1 fully saturated rings. The molecule has 1 atom stereocenters. The summed E-state index contributed by atoms with van der Waals surface area (Å²) >= 11 is 0. The van der Waals surface area contributed by atoms with Crippen molar-refractivity contribution in [3.05, 3.63) is 23.4 Å². The molecule has 116 valence electrons. The number of likely N-dealkylation sites (tertiary alicyclic amines) is 1. The lowest BCUT2D eigenvalue weighted by molar-refractivity contribution is -0.0107. The number of carbonyl (C=O) groups is 1. The lowest BCUT2D eigenvalue weighted by Gasteiger charge is -2.37. The molecular formula is C15H24N4O2. The standard InChI is InChI=1S/C15H24N4O2/c1-10(2)12-7-11(8-13(17-12)18-16)14(20)19-6-4-5-15(3,21)9-19/h7-8,10,21H,4-6,9,16H2,1-3H3,(H,17,18). The number of nitrogen functional groups attached to an aromatic ring is 1. The summed E-state index contributed by atoms with van der Waals surface area (Å²) in [7, 11) is 0. The monoisotopic (exact) mass is 292 g/mol. The molecule has 0 aliphatic carbocycles.